The van der Waals surface area contributed by atoms with Gasteiger partial charge in [0.1, 0.15) is 0 Å². The van der Waals surface area contributed by atoms with Crippen molar-refractivity contribution < 1.29 is 4.79 Å². The molecule has 1 fully saturated rings. The first-order chi connectivity index (χ1) is 12.7. The second-order valence-corrected chi connectivity index (χ2v) is 6.70. The normalized spacial score (nSPS) is 15.1. The van der Waals surface area contributed by atoms with Gasteiger partial charge < -0.3 is 16.4 Å². The Hall–Kier alpha value is -2.92. The van der Waals surface area contributed by atoms with Gasteiger partial charge in [-0.1, -0.05) is 24.3 Å². The number of hydrogen-bond donors (Lipinski definition) is 3. The molecule has 0 bridgehead atoms. The maximum Gasteiger partial charge on any atom is 0.252 e. The summed E-state index contributed by atoms with van der Waals surface area (Å²) in [4.78, 5) is 16.4. The molecule has 4 N–H and O–H groups in total. The molecule has 0 unspecified atom stereocenters. The predicted molar refractivity (Wildman–Crippen MR) is 105 cm³/mol. The number of anilines is 2. The van der Waals surface area contributed by atoms with Gasteiger partial charge >= 0.3 is 0 Å². The summed E-state index contributed by atoms with van der Waals surface area (Å²) in [6.45, 7) is 2.08. The van der Waals surface area contributed by atoms with E-state index in [2.05, 4.69) is 27.8 Å². The zero-order valence-corrected chi connectivity index (χ0v) is 14.5. The lowest BCUT2D eigenvalue weighted by atomic mass is 9.89. The van der Waals surface area contributed by atoms with Crippen molar-refractivity contribution in [3.8, 4) is 0 Å². The number of benzene rings is 2. The number of aromatic nitrogens is 1. The van der Waals surface area contributed by atoms with Crippen LogP contribution in [0, 0.1) is 0 Å². The molecule has 0 saturated carbocycles. The molecular formula is C21H22N4O. The number of carbonyl (C=O) groups excluding carboxylic acids is 1. The molecule has 5 nitrogen and oxygen atoms in total. The molecule has 2 aromatic carbocycles. The summed E-state index contributed by atoms with van der Waals surface area (Å²) in [5.41, 5.74) is 9.80. The molecule has 0 radical (unpaired) electrons. The number of para-hydroxylation sites is 1. The first-order valence-corrected chi connectivity index (χ1v) is 8.97. The van der Waals surface area contributed by atoms with Gasteiger partial charge in [0.2, 0.25) is 0 Å². The number of pyridine rings is 1. The van der Waals surface area contributed by atoms with Gasteiger partial charge in [0.15, 0.2) is 0 Å². The molecule has 0 aliphatic carbocycles. The van der Waals surface area contributed by atoms with Crippen LogP contribution < -0.4 is 16.4 Å². The van der Waals surface area contributed by atoms with Crippen molar-refractivity contribution in [1.29, 1.82) is 0 Å². The zero-order chi connectivity index (χ0) is 17.9. The lowest BCUT2D eigenvalue weighted by Crippen LogP contribution is -2.26. The number of nitrogens with two attached hydrogens (primary N) is 1. The van der Waals surface area contributed by atoms with Crippen LogP contribution in [0.25, 0.3) is 10.9 Å². The molecule has 1 aromatic heterocycles. The van der Waals surface area contributed by atoms with Gasteiger partial charge in [-0.3, -0.25) is 9.78 Å². The number of hydrogen-bond acceptors (Lipinski definition) is 4. The highest BCUT2D eigenvalue weighted by Crippen LogP contribution is 2.33. The highest BCUT2D eigenvalue weighted by molar-refractivity contribution is 6.07. The number of primary amides is 1. The van der Waals surface area contributed by atoms with E-state index in [0.717, 1.165) is 48.2 Å². The standard InChI is InChI=1S/C21H22N4O/c22-21(26)18-13-24-19-7-6-15(14-8-10-23-11-9-14)12-17(19)20(18)25-16-4-2-1-3-5-16/h1-7,12-14,23H,8-11H2,(H2,22,26)(H,24,25). The topological polar surface area (TPSA) is 80.0 Å². The van der Waals surface area contributed by atoms with Gasteiger partial charge in [-0.15, -0.1) is 0 Å². The third-order valence-electron chi connectivity index (χ3n) is 5.01. The van der Waals surface area contributed by atoms with E-state index < -0.39 is 5.91 Å². The van der Waals surface area contributed by atoms with Crippen LogP contribution in [0.3, 0.4) is 0 Å². The lowest BCUT2D eigenvalue weighted by Gasteiger charge is -2.23. The summed E-state index contributed by atoms with van der Waals surface area (Å²) in [5.74, 6) is 0.0487. The number of carbonyl (C=O) groups is 1. The largest absolute Gasteiger partial charge is 0.365 e. The van der Waals surface area contributed by atoms with E-state index in [4.69, 9.17) is 5.73 Å². The lowest BCUT2D eigenvalue weighted by molar-refractivity contribution is 0.100. The van der Waals surface area contributed by atoms with Crippen LogP contribution in [0.5, 0.6) is 0 Å². The van der Waals surface area contributed by atoms with Crippen LogP contribution in [0.2, 0.25) is 0 Å². The van der Waals surface area contributed by atoms with Crippen LogP contribution >= 0.6 is 0 Å². The average Bonchev–Trinajstić information content (AvgIpc) is 2.69. The Kier molecular flexibility index (Phi) is 4.54. The third kappa shape index (κ3) is 3.26. The number of nitrogens with zero attached hydrogens (tertiary/aromatic N) is 1. The quantitative estimate of drug-likeness (QED) is 0.675. The Morgan fingerprint density at radius 2 is 1.88 bits per heavy atom. The van der Waals surface area contributed by atoms with Crippen molar-refractivity contribution in [2.75, 3.05) is 18.4 Å². The van der Waals surface area contributed by atoms with Crippen molar-refractivity contribution in [1.82, 2.24) is 10.3 Å². The van der Waals surface area contributed by atoms with Crippen LogP contribution in [0.1, 0.15) is 34.7 Å². The number of rotatable bonds is 4. The predicted octanol–water partition coefficient (Wildman–Crippen LogP) is 3.54. The van der Waals surface area contributed by atoms with Crippen LogP contribution in [-0.4, -0.2) is 24.0 Å². The van der Waals surface area contributed by atoms with Gasteiger partial charge in [0, 0.05) is 17.3 Å². The summed E-state index contributed by atoms with van der Waals surface area (Å²) in [7, 11) is 0. The number of fused-ring (bicyclic) bond motifs is 1. The minimum absolute atomic E-state index is 0.406. The Morgan fingerprint density at radius 3 is 2.62 bits per heavy atom. The van der Waals surface area contributed by atoms with E-state index in [9.17, 15) is 4.79 Å². The molecule has 0 spiro atoms. The average molecular weight is 346 g/mol. The van der Waals surface area contributed by atoms with Crippen molar-refractivity contribution in [3.05, 3.63) is 65.9 Å². The Balaban J connectivity index is 1.84. The van der Waals surface area contributed by atoms with Crippen molar-refractivity contribution in [2.24, 2.45) is 5.73 Å². The number of piperidine rings is 1. The summed E-state index contributed by atoms with van der Waals surface area (Å²) in [6, 6.07) is 16.2. The van der Waals surface area contributed by atoms with E-state index in [1.165, 1.54) is 5.56 Å². The molecule has 4 rings (SSSR count). The number of nitrogens with one attached hydrogen (secondary N) is 2. The fourth-order valence-corrected chi connectivity index (χ4v) is 3.61. The Bertz CT molecular complexity index is 933. The highest BCUT2D eigenvalue weighted by Gasteiger charge is 2.18. The fraction of sp³-hybridized carbons (Fsp3) is 0.238. The fourth-order valence-electron chi connectivity index (χ4n) is 3.61. The molecule has 26 heavy (non-hydrogen) atoms. The first-order valence-electron chi connectivity index (χ1n) is 8.97. The van der Waals surface area contributed by atoms with E-state index in [1.54, 1.807) is 6.20 Å². The highest BCUT2D eigenvalue weighted by atomic mass is 16.1. The molecule has 0 atom stereocenters. The minimum Gasteiger partial charge on any atom is -0.365 e. The molecule has 2 heterocycles. The molecule has 3 aromatic rings. The van der Waals surface area contributed by atoms with Crippen LogP contribution in [-0.2, 0) is 0 Å². The van der Waals surface area contributed by atoms with E-state index in [1.807, 2.05) is 36.4 Å². The van der Waals surface area contributed by atoms with Gasteiger partial charge in [0.25, 0.3) is 5.91 Å². The van der Waals surface area contributed by atoms with E-state index in [-0.39, 0.29) is 0 Å². The van der Waals surface area contributed by atoms with Crippen LogP contribution in [0.15, 0.2) is 54.7 Å². The van der Waals surface area contributed by atoms with Crippen molar-refractivity contribution >= 4 is 28.2 Å². The summed E-state index contributed by atoms with van der Waals surface area (Å²) < 4.78 is 0. The second-order valence-electron chi connectivity index (χ2n) is 6.70. The third-order valence-corrected chi connectivity index (χ3v) is 5.01. The molecule has 1 amide bonds. The van der Waals surface area contributed by atoms with Gasteiger partial charge in [-0.25, -0.2) is 0 Å². The maximum atomic E-state index is 12.0. The molecular weight excluding hydrogens is 324 g/mol. The van der Waals surface area contributed by atoms with E-state index >= 15 is 0 Å². The molecule has 1 aliphatic heterocycles. The monoisotopic (exact) mass is 346 g/mol. The van der Waals surface area contributed by atoms with E-state index in [0.29, 0.717) is 11.5 Å². The molecule has 1 saturated heterocycles. The minimum atomic E-state index is -0.481. The zero-order valence-electron chi connectivity index (χ0n) is 14.5. The number of amides is 1. The summed E-state index contributed by atoms with van der Waals surface area (Å²) in [6.07, 6.45) is 3.80. The maximum absolute atomic E-state index is 12.0. The molecule has 5 heteroatoms. The van der Waals surface area contributed by atoms with Crippen molar-refractivity contribution in [3.63, 3.8) is 0 Å². The smallest absolute Gasteiger partial charge is 0.252 e. The SMILES string of the molecule is NC(=O)c1cnc2ccc(C3CCNCC3)cc2c1Nc1ccccc1. The van der Waals surface area contributed by atoms with Crippen molar-refractivity contribution in [2.45, 2.75) is 18.8 Å². The Labute approximate surface area is 152 Å². The molecule has 1 aliphatic rings. The molecule has 132 valence electrons. The second kappa shape index (κ2) is 7.14. The van der Waals surface area contributed by atoms with Gasteiger partial charge in [-0.05, 0) is 61.7 Å². The van der Waals surface area contributed by atoms with Crippen LogP contribution in [0.4, 0.5) is 11.4 Å². The Morgan fingerprint density at radius 1 is 1.12 bits per heavy atom. The van der Waals surface area contributed by atoms with Gasteiger partial charge in [-0.2, -0.15) is 0 Å². The summed E-state index contributed by atoms with van der Waals surface area (Å²) in [5, 5.41) is 7.71. The first kappa shape index (κ1) is 16.5. The summed E-state index contributed by atoms with van der Waals surface area (Å²) >= 11 is 0. The van der Waals surface area contributed by atoms with Gasteiger partial charge in [0.05, 0.1) is 16.8 Å².